The summed E-state index contributed by atoms with van der Waals surface area (Å²) in [5.41, 5.74) is 1.07. The van der Waals surface area contributed by atoms with Gasteiger partial charge in [-0.15, -0.1) is 11.3 Å². The molecule has 3 aromatic rings. The summed E-state index contributed by atoms with van der Waals surface area (Å²) in [7, 11) is 1.88. The lowest BCUT2D eigenvalue weighted by Crippen LogP contribution is -2.11. The third kappa shape index (κ3) is 2.75. The Morgan fingerprint density at radius 3 is 2.71 bits per heavy atom. The van der Waals surface area contributed by atoms with Gasteiger partial charge in [0.15, 0.2) is 5.82 Å². The van der Waals surface area contributed by atoms with E-state index < -0.39 is 0 Å². The molecule has 0 spiro atoms. The molecule has 2 aromatic heterocycles. The van der Waals surface area contributed by atoms with Crippen molar-refractivity contribution in [2.24, 2.45) is 0 Å². The van der Waals surface area contributed by atoms with Gasteiger partial charge in [0.05, 0.1) is 5.39 Å². The van der Waals surface area contributed by atoms with Crippen molar-refractivity contribution < 1.29 is 4.74 Å². The quantitative estimate of drug-likeness (QED) is 0.777. The first-order valence-electron chi connectivity index (χ1n) is 6.93. The average molecular weight is 299 g/mol. The van der Waals surface area contributed by atoms with Crippen molar-refractivity contribution in [1.82, 2.24) is 9.97 Å². The largest absolute Gasteiger partial charge is 0.372 e. The first-order chi connectivity index (χ1) is 10.3. The van der Waals surface area contributed by atoms with Gasteiger partial charge in [0.1, 0.15) is 16.8 Å². The zero-order valence-electron chi connectivity index (χ0n) is 12.0. The SMILES string of the molecule is CCOC(c1ccccc1)c1nc(NC)c2ccsc2n1. The number of hydrogen-bond acceptors (Lipinski definition) is 5. The molecule has 108 valence electrons. The fourth-order valence-corrected chi connectivity index (χ4v) is 3.06. The summed E-state index contributed by atoms with van der Waals surface area (Å²) < 4.78 is 5.89. The van der Waals surface area contributed by atoms with Crippen LogP contribution < -0.4 is 5.32 Å². The molecule has 0 saturated heterocycles. The molecule has 1 unspecified atom stereocenters. The highest BCUT2D eigenvalue weighted by Crippen LogP contribution is 2.30. The number of anilines is 1. The number of hydrogen-bond donors (Lipinski definition) is 1. The number of benzene rings is 1. The van der Waals surface area contributed by atoms with Crippen LogP contribution in [0.3, 0.4) is 0 Å². The Kier molecular flexibility index (Phi) is 4.13. The van der Waals surface area contributed by atoms with Gasteiger partial charge >= 0.3 is 0 Å². The lowest BCUT2D eigenvalue weighted by atomic mass is 10.1. The molecule has 1 N–H and O–H groups in total. The minimum Gasteiger partial charge on any atom is -0.372 e. The topological polar surface area (TPSA) is 47.0 Å². The predicted molar refractivity (Wildman–Crippen MR) is 86.9 cm³/mol. The Labute approximate surface area is 127 Å². The Balaban J connectivity index is 2.11. The zero-order chi connectivity index (χ0) is 14.7. The molecule has 0 amide bonds. The molecule has 21 heavy (non-hydrogen) atoms. The molecular formula is C16H17N3OS. The van der Waals surface area contributed by atoms with Crippen molar-refractivity contribution in [1.29, 1.82) is 0 Å². The standard InChI is InChI=1S/C16H17N3OS/c1-3-20-13(11-7-5-4-6-8-11)15-18-14(17-2)12-9-10-21-16(12)19-15/h4-10,13H,3H2,1-2H3,(H,17,18,19). The Bertz CT molecular complexity index is 727. The maximum atomic E-state index is 5.89. The highest BCUT2D eigenvalue weighted by atomic mass is 32.1. The second kappa shape index (κ2) is 6.20. The number of aromatic nitrogens is 2. The van der Waals surface area contributed by atoms with Crippen LogP contribution in [0.25, 0.3) is 10.2 Å². The van der Waals surface area contributed by atoms with Gasteiger partial charge < -0.3 is 10.1 Å². The van der Waals surface area contributed by atoms with Gasteiger partial charge in [-0.1, -0.05) is 30.3 Å². The van der Waals surface area contributed by atoms with Crippen LogP contribution in [0.1, 0.15) is 24.4 Å². The summed E-state index contributed by atoms with van der Waals surface area (Å²) in [5, 5.41) is 6.23. The van der Waals surface area contributed by atoms with Gasteiger partial charge in [0.25, 0.3) is 0 Å². The van der Waals surface area contributed by atoms with Crippen LogP contribution in [-0.4, -0.2) is 23.6 Å². The highest BCUT2D eigenvalue weighted by molar-refractivity contribution is 7.16. The lowest BCUT2D eigenvalue weighted by molar-refractivity contribution is 0.0855. The number of rotatable bonds is 5. The third-order valence-electron chi connectivity index (χ3n) is 3.25. The van der Waals surface area contributed by atoms with E-state index in [1.54, 1.807) is 11.3 Å². The summed E-state index contributed by atoms with van der Waals surface area (Å²) in [6.45, 7) is 2.60. The molecule has 1 atom stereocenters. The van der Waals surface area contributed by atoms with Gasteiger partial charge in [-0.05, 0) is 23.9 Å². The molecule has 2 heterocycles. The van der Waals surface area contributed by atoms with Crippen molar-refractivity contribution in [2.45, 2.75) is 13.0 Å². The molecule has 0 radical (unpaired) electrons. The summed E-state index contributed by atoms with van der Waals surface area (Å²) in [5.74, 6) is 1.54. The minimum atomic E-state index is -0.241. The first-order valence-corrected chi connectivity index (χ1v) is 7.81. The van der Waals surface area contributed by atoms with E-state index in [0.717, 1.165) is 21.6 Å². The average Bonchev–Trinajstić information content (AvgIpc) is 3.01. The summed E-state index contributed by atoms with van der Waals surface area (Å²) in [6, 6.07) is 12.1. The maximum Gasteiger partial charge on any atom is 0.165 e. The number of nitrogens with one attached hydrogen (secondary N) is 1. The molecule has 4 nitrogen and oxygen atoms in total. The van der Waals surface area contributed by atoms with E-state index >= 15 is 0 Å². The Morgan fingerprint density at radius 1 is 1.19 bits per heavy atom. The van der Waals surface area contributed by atoms with E-state index in [9.17, 15) is 0 Å². The molecule has 0 aliphatic rings. The summed E-state index contributed by atoms with van der Waals surface area (Å²) in [4.78, 5) is 10.3. The maximum absolute atomic E-state index is 5.89. The lowest BCUT2D eigenvalue weighted by Gasteiger charge is -2.17. The normalized spacial score (nSPS) is 12.5. The van der Waals surface area contributed by atoms with E-state index in [4.69, 9.17) is 4.74 Å². The third-order valence-corrected chi connectivity index (χ3v) is 4.06. The number of nitrogens with zero attached hydrogens (tertiary/aromatic N) is 2. The second-order valence-electron chi connectivity index (χ2n) is 4.57. The number of fused-ring (bicyclic) bond motifs is 1. The molecule has 0 aliphatic carbocycles. The summed E-state index contributed by atoms with van der Waals surface area (Å²) >= 11 is 1.62. The van der Waals surface area contributed by atoms with Crippen LogP contribution in [0, 0.1) is 0 Å². The van der Waals surface area contributed by atoms with Crippen LogP contribution in [0.5, 0.6) is 0 Å². The number of thiophene rings is 1. The molecule has 0 aliphatic heterocycles. The minimum absolute atomic E-state index is 0.241. The van der Waals surface area contributed by atoms with Gasteiger partial charge in [-0.3, -0.25) is 0 Å². The van der Waals surface area contributed by atoms with Gasteiger partial charge in [0.2, 0.25) is 0 Å². The predicted octanol–water partition coefficient (Wildman–Crippen LogP) is 3.86. The molecule has 0 fully saturated rings. The van der Waals surface area contributed by atoms with Crippen molar-refractivity contribution in [2.75, 3.05) is 19.0 Å². The molecule has 0 saturated carbocycles. The van der Waals surface area contributed by atoms with Crippen molar-refractivity contribution in [3.63, 3.8) is 0 Å². The number of ether oxygens (including phenoxy) is 1. The van der Waals surface area contributed by atoms with Gasteiger partial charge in [0, 0.05) is 13.7 Å². The highest BCUT2D eigenvalue weighted by Gasteiger charge is 2.19. The summed E-state index contributed by atoms with van der Waals surface area (Å²) in [6.07, 6.45) is -0.241. The molecule has 5 heteroatoms. The van der Waals surface area contributed by atoms with Crippen molar-refractivity contribution in [3.8, 4) is 0 Å². The Morgan fingerprint density at radius 2 is 2.00 bits per heavy atom. The van der Waals surface area contributed by atoms with Crippen LogP contribution >= 0.6 is 11.3 Å². The monoisotopic (exact) mass is 299 g/mol. The van der Waals surface area contributed by atoms with Crippen LogP contribution in [0.2, 0.25) is 0 Å². The van der Waals surface area contributed by atoms with Gasteiger partial charge in [-0.2, -0.15) is 0 Å². The van der Waals surface area contributed by atoms with Crippen molar-refractivity contribution in [3.05, 3.63) is 53.2 Å². The van der Waals surface area contributed by atoms with E-state index in [1.165, 1.54) is 0 Å². The van der Waals surface area contributed by atoms with Gasteiger partial charge in [-0.25, -0.2) is 9.97 Å². The molecular weight excluding hydrogens is 282 g/mol. The molecule has 1 aromatic carbocycles. The van der Waals surface area contributed by atoms with Crippen LogP contribution in [0.4, 0.5) is 5.82 Å². The fourth-order valence-electron chi connectivity index (χ4n) is 2.29. The molecule has 3 rings (SSSR count). The Hall–Kier alpha value is -1.98. The van der Waals surface area contributed by atoms with E-state index in [0.29, 0.717) is 12.4 Å². The first kappa shape index (κ1) is 14.0. The van der Waals surface area contributed by atoms with Crippen LogP contribution in [-0.2, 0) is 4.74 Å². The zero-order valence-corrected chi connectivity index (χ0v) is 12.9. The van der Waals surface area contributed by atoms with Crippen LogP contribution in [0.15, 0.2) is 41.8 Å². The fraction of sp³-hybridized carbons (Fsp3) is 0.250. The van der Waals surface area contributed by atoms with Crippen molar-refractivity contribution >= 4 is 27.4 Å². The van der Waals surface area contributed by atoms with E-state index in [-0.39, 0.29) is 6.10 Å². The smallest absolute Gasteiger partial charge is 0.165 e. The second-order valence-corrected chi connectivity index (χ2v) is 5.46. The van der Waals surface area contributed by atoms with E-state index in [2.05, 4.69) is 15.3 Å². The molecule has 0 bridgehead atoms. The van der Waals surface area contributed by atoms with E-state index in [1.807, 2.05) is 55.7 Å².